The number of nitrogens with one attached hydrogen (secondary N) is 1. The fourth-order valence-electron chi connectivity index (χ4n) is 2.65. The second-order valence-electron chi connectivity index (χ2n) is 5.10. The minimum atomic E-state index is 0.232. The molecule has 1 saturated heterocycles. The van der Waals surface area contributed by atoms with Crippen LogP contribution < -0.4 is 10.1 Å². The number of benzene rings is 1. The lowest BCUT2D eigenvalue weighted by atomic mass is 9.95. The van der Waals surface area contributed by atoms with Crippen LogP contribution in [0.1, 0.15) is 22.3 Å². The van der Waals surface area contributed by atoms with Gasteiger partial charge in [0.15, 0.2) is 0 Å². The zero-order valence-corrected chi connectivity index (χ0v) is 13.7. The third-order valence-corrected chi connectivity index (χ3v) is 5.12. The molecule has 0 aromatic heterocycles. The van der Waals surface area contributed by atoms with E-state index in [2.05, 4.69) is 42.0 Å². The summed E-state index contributed by atoms with van der Waals surface area (Å²) in [6.45, 7) is 9.03. The Labute approximate surface area is 123 Å². The molecule has 1 aromatic rings. The van der Waals surface area contributed by atoms with Crippen LogP contribution in [0, 0.1) is 20.8 Å². The van der Waals surface area contributed by atoms with E-state index >= 15 is 0 Å². The molecular formula is C15H22BrNO2. The van der Waals surface area contributed by atoms with Crippen LogP contribution in [0.4, 0.5) is 0 Å². The SMILES string of the molecule is COc1c(C)c(C)c(Br)c(C)c1CC1CNCCO1. The van der Waals surface area contributed by atoms with Gasteiger partial charge < -0.3 is 14.8 Å². The van der Waals surface area contributed by atoms with Gasteiger partial charge in [-0.15, -0.1) is 0 Å². The Hall–Kier alpha value is -0.580. The van der Waals surface area contributed by atoms with Crippen molar-refractivity contribution in [1.29, 1.82) is 0 Å². The third kappa shape index (κ3) is 2.96. The van der Waals surface area contributed by atoms with Crippen molar-refractivity contribution in [1.82, 2.24) is 5.32 Å². The summed E-state index contributed by atoms with van der Waals surface area (Å²) in [6, 6.07) is 0. The molecule has 0 radical (unpaired) electrons. The summed E-state index contributed by atoms with van der Waals surface area (Å²) >= 11 is 3.70. The zero-order chi connectivity index (χ0) is 14.0. The van der Waals surface area contributed by atoms with Crippen molar-refractivity contribution in [2.24, 2.45) is 0 Å². The van der Waals surface area contributed by atoms with E-state index in [1.54, 1.807) is 7.11 Å². The summed E-state index contributed by atoms with van der Waals surface area (Å²) in [5.41, 5.74) is 4.97. The highest BCUT2D eigenvalue weighted by atomic mass is 79.9. The number of morpholine rings is 1. The predicted octanol–water partition coefficient (Wildman–Crippen LogP) is 2.91. The Balaban J connectivity index is 2.37. The van der Waals surface area contributed by atoms with E-state index < -0.39 is 0 Å². The summed E-state index contributed by atoms with van der Waals surface area (Å²) < 4.78 is 12.6. The van der Waals surface area contributed by atoms with Gasteiger partial charge >= 0.3 is 0 Å². The molecule has 3 nitrogen and oxygen atoms in total. The summed E-state index contributed by atoms with van der Waals surface area (Å²) in [4.78, 5) is 0. The van der Waals surface area contributed by atoms with Crippen LogP contribution in [0.25, 0.3) is 0 Å². The number of ether oxygens (including phenoxy) is 2. The number of methoxy groups -OCH3 is 1. The second-order valence-corrected chi connectivity index (χ2v) is 5.89. The van der Waals surface area contributed by atoms with Gasteiger partial charge in [0, 0.05) is 29.5 Å². The molecule has 0 bridgehead atoms. The number of halogens is 1. The maximum atomic E-state index is 5.81. The van der Waals surface area contributed by atoms with Gasteiger partial charge in [0.05, 0.1) is 19.8 Å². The van der Waals surface area contributed by atoms with Gasteiger partial charge in [-0.2, -0.15) is 0 Å². The topological polar surface area (TPSA) is 30.5 Å². The summed E-state index contributed by atoms with van der Waals surface area (Å²) in [7, 11) is 1.75. The maximum absolute atomic E-state index is 5.81. The van der Waals surface area contributed by atoms with Gasteiger partial charge in [0.25, 0.3) is 0 Å². The molecule has 0 aliphatic carbocycles. The minimum Gasteiger partial charge on any atom is -0.496 e. The lowest BCUT2D eigenvalue weighted by molar-refractivity contribution is 0.0288. The van der Waals surface area contributed by atoms with E-state index in [-0.39, 0.29) is 6.10 Å². The van der Waals surface area contributed by atoms with Crippen molar-refractivity contribution in [2.75, 3.05) is 26.8 Å². The first-order valence-electron chi connectivity index (χ1n) is 6.70. The van der Waals surface area contributed by atoms with Crippen molar-refractivity contribution in [3.05, 3.63) is 26.7 Å². The number of hydrogen-bond acceptors (Lipinski definition) is 3. The van der Waals surface area contributed by atoms with E-state index in [1.807, 2.05) is 0 Å². The molecule has 19 heavy (non-hydrogen) atoms. The highest BCUT2D eigenvalue weighted by Crippen LogP contribution is 2.36. The standard InChI is InChI=1S/C15H22BrNO2/c1-9-10(2)15(18-4)13(11(3)14(9)16)7-12-8-17-5-6-19-12/h12,17H,5-8H2,1-4H3. The molecule has 0 saturated carbocycles. The average molecular weight is 328 g/mol. The van der Waals surface area contributed by atoms with Crippen molar-refractivity contribution < 1.29 is 9.47 Å². The van der Waals surface area contributed by atoms with E-state index in [1.165, 1.54) is 26.7 Å². The second kappa shape index (κ2) is 6.25. The lowest BCUT2D eigenvalue weighted by Gasteiger charge is -2.26. The van der Waals surface area contributed by atoms with Gasteiger partial charge in [-0.05, 0) is 37.5 Å². The molecule has 1 aliphatic heterocycles. The average Bonchev–Trinajstić information content (AvgIpc) is 2.44. The quantitative estimate of drug-likeness (QED) is 0.925. The summed E-state index contributed by atoms with van der Waals surface area (Å²) in [6.07, 6.45) is 1.12. The fraction of sp³-hybridized carbons (Fsp3) is 0.600. The Kier molecular flexibility index (Phi) is 4.87. The molecule has 4 heteroatoms. The van der Waals surface area contributed by atoms with Crippen LogP contribution in [0.3, 0.4) is 0 Å². The molecule has 1 aromatic carbocycles. The Morgan fingerprint density at radius 1 is 1.26 bits per heavy atom. The van der Waals surface area contributed by atoms with Gasteiger partial charge in [0.1, 0.15) is 5.75 Å². The number of rotatable bonds is 3. The van der Waals surface area contributed by atoms with Crippen molar-refractivity contribution >= 4 is 15.9 Å². The zero-order valence-electron chi connectivity index (χ0n) is 12.1. The molecule has 1 atom stereocenters. The monoisotopic (exact) mass is 327 g/mol. The van der Waals surface area contributed by atoms with Gasteiger partial charge in [0.2, 0.25) is 0 Å². The van der Waals surface area contributed by atoms with Crippen molar-refractivity contribution in [2.45, 2.75) is 33.3 Å². The molecule has 1 N–H and O–H groups in total. The molecule has 106 valence electrons. The third-order valence-electron chi connectivity index (χ3n) is 3.93. The number of hydrogen-bond donors (Lipinski definition) is 1. The van der Waals surface area contributed by atoms with Crippen LogP contribution in [-0.2, 0) is 11.2 Å². The molecule has 1 heterocycles. The van der Waals surface area contributed by atoms with Crippen molar-refractivity contribution in [3.63, 3.8) is 0 Å². The Morgan fingerprint density at radius 2 is 2.00 bits per heavy atom. The Morgan fingerprint density at radius 3 is 2.58 bits per heavy atom. The highest BCUT2D eigenvalue weighted by molar-refractivity contribution is 9.10. The van der Waals surface area contributed by atoms with E-state index in [0.29, 0.717) is 0 Å². The van der Waals surface area contributed by atoms with Gasteiger partial charge in [-0.1, -0.05) is 15.9 Å². The van der Waals surface area contributed by atoms with Crippen molar-refractivity contribution in [3.8, 4) is 5.75 Å². The van der Waals surface area contributed by atoms with E-state index in [9.17, 15) is 0 Å². The summed E-state index contributed by atoms with van der Waals surface area (Å²) in [5, 5.41) is 3.38. The first-order valence-corrected chi connectivity index (χ1v) is 7.50. The normalized spacial score (nSPS) is 19.5. The van der Waals surface area contributed by atoms with Crippen LogP contribution in [0.15, 0.2) is 4.47 Å². The van der Waals surface area contributed by atoms with E-state index in [4.69, 9.17) is 9.47 Å². The first kappa shape index (κ1) is 14.8. The van der Waals surface area contributed by atoms with Crippen LogP contribution >= 0.6 is 15.9 Å². The molecule has 1 unspecified atom stereocenters. The fourth-order valence-corrected chi connectivity index (χ4v) is 3.18. The highest BCUT2D eigenvalue weighted by Gasteiger charge is 2.21. The smallest absolute Gasteiger partial charge is 0.125 e. The molecule has 1 aliphatic rings. The molecule has 2 rings (SSSR count). The van der Waals surface area contributed by atoms with Gasteiger partial charge in [-0.25, -0.2) is 0 Å². The molecule has 1 fully saturated rings. The van der Waals surface area contributed by atoms with Crippen LogP contribution in [0.2, 0.25) is 0 Å². The first-order chi connectivity index (χ1) is 9.06. The molecule has 0 amide bonds. The minimum absolute atomic E-state index is 0.232. The van der Waals surface area contributed by atoms with Crippen LogP contribution in [0.5, 0.6) is 5.75 Å². The van der Waals surface area contributed by atoms with Crippen LogP contribution in [-0.4, -0.2) is 32.9 Å². The van der Waals surface area contributed by atoms with Gasteiger partial charge in [-0.3, -0.25) is 0 Å². The maximum Gasteiger partial charge on any atom is 0.125 e. The predicted molar refractivity (Wildman–Crippen MR) is 81.2 cm³/mol. The molecule has 0 spiro atoms. The van der Waals surface area contributed by atoms with E-state index in [0.717, 1.165) is 31.9 Å². The lowest BCUT2D eigenvalue weighted by Crippen LogP contribution is -2.39. The Bertz CT molecular complexity index is 468. The largest absolute Gasteiger partial charge is 0.496 e. The molecular weight excluding hydrogens is 306 g/mol. The summed E-state index contributed by atoms with van der Waals surface area (Å²) in [5.74, 6) is 1.01.